The molecule has 1 atom stereocenters. The van der Waals surface area contributed by atoms with Crippen molar-refractivity contribution in [2.45, 2.75) is 11.8 Å². The highest BCUT2D eigenvalue weighted by Gasteiger charge is 2.60. The Morgan fingerprint density at radius 2 is 1.75 bits per heavy atom. The van der Waals surface area contributed by atoms with Gasteiger partial charge in [0.25, 0.3) is 0 Å². The van der Waals surface area contributed by atoms with Crippen LogP contribution >= 0.6 is 0 Å². The predicted molar refractivity (Wildman–Crippen MR) is 119 cm³/mol. The number of methoxy groups -OCH3 is 1. The summed E-state index contributed by atoms with van der Waals surface area (Å²) in [6.45, 7) is 0. The van der Waals surface area contributed by atoms with Crippen molar-refractivity contribution in [3.63, 3.8) is 0 Å². The Balaban J connectivity index is 1.55. The molecule has 0 bridgehead atoms. The fourth-order valence-corrected chi connectivity index (χ4v) is 4.09. The van der Waals surface area contributed by atoms with Crippen molar-refractivity contribution >= 4 is 17.8 Å². The Morgan fingerprint density at radius 1 is 1.16 bits per heavy atom. The summed E-state index contributed by atoms with van der Waals surface area (Å²) >= 11 is 0. The minimum atomic E-state index is -0.716. The number of hydrogen-bond donors (Lipinski definition) is 2. The van der Waals surface area contributed by atoms with Crippen LogP contribution < -0.4 is 10.2 Å². The van der Waals surface area contributed by atoms with Crippen LogP contribution in [0.3, 0.4) is 0 Å². The summed E-state index contributed by atoms with van der Waals surface area (Å²) in [6, 6.07) is 22.3. The zero-order valence-electron chi connectivity index (χ0n) is 17.3. The van der Waals surface area contributed by atoms with Crippen molar-refractivity contribution in [1.82, 2.24) is 5.43 Å². The zero-order chi connectivity index (χ0) is 22.7. The summed E-state index contributed by atoms with van der Waals surface area (Å²) in [5.41, 5.74) is 4.06. The molecule has 2 N–H and O–H groups in total. The zero-order valence-corrected chi connectivity index (χ0v) is 17.3. The van der Waals surface area contributed by atoms with E-state index in [2.05, 4.69) is 10.5 Å². The third-order valence-electron chi connectivity index (χ3n) is 5.74. The van der Waals surface area contributed by atoms with Gasteiger partial charge in [0, 0.05) is 17.0 Å². The molecule has 32 heavy (non-hydrogen) atoms. The first-order valence-corrected chi connectivity index (χ1v) is 9.96. The predicted octanol–water partition coefficient (Wildman–Crippen LogP) is 3.77. The highest BCUT2D eigenvalue weighted by atomic mass is 16.6. The van der Waals surface area contributed by atoms with Crippen molar-refractivity contribution in [2.75, 3.05) is 7.11 Å². The number of phenols is 1. The first kappa shape index (κ1) is 21.0. The molecule has 1 saturated carbocycles. The molecule has 8 nitrogen and oxygen atoms in total. The Morgan fingerprint density at radius 3 is 2.28 bits per heavy atom. The molecule has 3 aromatic carbocycles. The van der Waals surface area contributed by atoms with Crippen LogP contribution in [-0.2, 0) is 10.2 Å². The van der Waals surface area contributed by atoms with Crippen LogP contribution in [0.1, 0.15) is 23.1 Å². The number of phenolic OH excluding ortho intramolecular Hbond substituents is 1. The number of hydrazone groups is 1. The fourth-order valence-electron chi connectivity index (χ4n) is 4.09. The maximum atomic E-state index is 12.9. The van der Waals surface area contributed by atoms with Gasteiger partial charge in [-0.3, -0.25) is 14.9 Å². The molecule has 0 aliphatic heterocycles. The maximum Gasteiger partial charge on any atom is 0.315 e. The van der Waals surface area contributed by atoms with Crippen LogP contribution in [0.5, 0.6) is 11.5 Å². The number of nitro groups is 1. The number of nitrogens with zero attached hydrogens (tertiary/aromatic N) is 2. The smallest absolute Gasteiger partial charge is 0.315 e. The third kappa shape index (κ3) is 3.78. The van der Waals surface area contributed by atoms with E-state index in [1.807, 2.05) is 60.7 Å². The van der Waals surface area contributed by atoms with Gasteiger partial charge in [0.15, 0.2) is 5.75 Å². The summed E-state index contributed by atoms with van der Waals surface area (Å²) in [4.78, 5) is 23.3. The number of carbonyl (C=O) groups is 1. The Kier molecular flexibility index (Phi) is 5.59. The maximum absolute atomic E-state index is 12.9. The second-order valence-electron chi connectivity index (χ2n) is 7.54. The van der Waals surface area contributed by atoms with Gasteiger partial charge in [-0.15, -0.1) is 0 Å². The van der Waals surface area contributed by atoms with E-state index < -0.39 is 21.8 Å². The monoisotopic (exact) mass is 431 g/mol. The lowest BCUT2D eigenvalue weighted by molar-refractivity contribution is -0.386. The van der Waals surface area contributed by atoms with E-state index in [1.54, 1.807) is 0 Å². The molecule has 0 spiro atoms. The molecular formula is C24H21N3O5. The average Bonchev–Trinajstić information content (AvgIpc) is 3.58. The van der Waals surface area contributed by atoms with Gasteiger partial charge >= 0.3 is 5.69 Å². The van der Waals surface area contributed by atoms with Crippen LogP contribution in [0.2, 0.25) is 0 Å². The molecule has 1 fully saturated rings. The third-order valence-corrected chi connectivity index (χ3v) is 5.74. The molecule has 162 valence electrons. The van der Waals surface area contributed by atoms with Gasteiger partial charge in [-0.25, -0.2) is 5.43 Å². The Hall–Kier alpha value is -4.20. The highest BCUT2D eigenvalue weighted by molar-refractivity contribution is 5.88. The summed E-state index contributed by atoms with van der Waals surface area (Å²) in [5.74, 6) is -1.16. The number of aromatic hydroxyl groups is 1. The molecule has 0 unspecified atom stereocenters. The molecule has 1 aliphatic carbocycles. The first-order valence-electron chi connectivity index (χ1n) is 9.96. The van der Waals surface area contributed by atoms with Gasteiger partial charge in [0.1, 0.15) is 0 Å². The van der Waals surface area contributed by atoms with Gasteiger partial charge in [-0.2, -0.15) is 5.10 Å². The van der Waals surface area contributed by atoms with Gasteiger partial charge in [0.05, 0.1) is 24.2 Å². The van der Waals surface area contributed by atoms with E-state index in [0.717, 1.165) is 17.2 Å². The normalized spacial score (nSPS) is 16.5. The summed E-state index contributed by atoms with van der Waals surface area (Å²) in [6.07, 6.45) is 1.93. The molecule has 1 aliphatic rings. The number of benzene rings is 3. The van der Waals surface area contributed by atoms with Gasteiger partial charge in [-0.05, 0) is 23.6 Å². The van der Waals surface area contributed by atoms with E-state index in [1.165, 1.54) is 19.4 Å². The largest absolute Gasteiger partial charge is 0.500 e. The number of nitro benzene ring substituents is 1. The number of rotatable bonds is 7. The Bertz CT molecular complexity index is 1140. The lowest BCUT2D eigenvalue weighted by atomic mass is 9.85. The lowest BCUT2D eigenvalue weighted by Crippen LogP contribution is -2.25. The van der Waals surface area contributed by atoms with Crippen molar-refractivity contribution in [1.29, 1.82) is 0 Å². The number of hydrogen-bond acceptors (Lipinski definition) is 6. The molecule has 4 rings (SSSR count). The second-order valence-corrected chi connectivity index (χ2v) is 7.54. The minimum Gasteiger partial charge on any atom is -0.500 e. The van der Waals surface area contributed by atoms with Crippen molar-refractivity contribution < 1.29 is 19.6 Å². The highest BCUT2D eigenvalue weighted by Crippen LogP contribution is 2.58. The average molecular weight is 431 g/mol. The molecule has 0 aromatic heterocycles. The van der Waals surface area contributed by atoms with Gasteiger partial charge < -0.3 is 9.84 Å². The van der Waals surface area contributed by atoms with Gasteiger partial charge in [-0.1, -0.05) is 60.7 Å². The van der Waals surface area contributed by atoms with Crippen molar-refractivity contribution in [3.8, 4) is 11.5 Å². The number of carbonyl (C=O) groups excluding carboxylic acids is 1. The van der Waals surface area contributed by atoms with Crippen molar-refractivity contribution in [2.24, 2.45) is 11.0 Å². The van der Waals surface area contributed by atoms with E-state index in [0.29, 0.717) is 12.0 Å². The topological polar surface area (TPSA) is 114 Å². The van der Waals surface area contributed by atoms with Crippen LogP contribution in [0.25, 0.3) is 0 Å². The fraction of sp³-hybridized carbons (Fsp3) is 0.167. The van der Waals surface area contributed by atoms with E-state index >= 15 is 0 Å². The molecular weight excluding hydrogens is 410 g/mol. The minimum absolute atomic E-state index is 0.0543. The van der Waals surface area contributed by atoms with Crippen LogP contribution in [-0.4, -0.2) is 29.3 Å². The Labute approximate surface area is 184 Å². The SMILES string of the molecule is COc1cc(/C=N/NC(=O)[C@@H]2CC2(c2ccccc2)c2ccccc2)cc([N+](=O)[O-])c1O. The van der Waals surface area contributed by atoms with Gasteiger partial charge in [0.2, 0.25) is 11.7 Å². The molecule has 8 heteroatoms. The number of ether oxygens (including phenoxy) is 1. The molecule has 0 heterocycles. The van der Waals surface area contributed by atoms with E-state index in [-0.39, 0.29) is 17.6 Å². The second kappa shape index (κ2) is 8.50. The van der Waals surface area contributed by atoms with Crippen molar-refractivity contribution in [3.05, 3.63) is 99.6 Å². The summed E-state index contributed by atoms with van der Waals surface area (Å²) in [5, 5.41) is 25.0. The molecule has 3 aromatic rings. The molecule has 1 amide bonds. The number of amides is 1. The molecule has 0 radical (unpaired) electrons. The van der Waals surface area contributed by atoms with Crippen LogP contribution in [0.4, 0.5) is 5.69 Å². The lowest BCUT2D eigenvalue weighted by Gasteiger charge is -2.18. The van der Waals surface area contributed by atoms with E-state index in [4.69, 9.17) is 4.74 Å². The number of nitrogens with one attached hydrogen (secondary N) is 1. The van der Waals surface area contributed by atoms with Crippen LogP contribution in [0, 0.1) is 16.0 Å². The quantitative estimate of drug-likeness (QED) is 0.336. The standard InChI is InChI=1S/C24H21N3O5/c1-32-21-13-16(12-20(22(21)28)27(30)31)15-25-26-23(29)19-14-24(19,17-8-4-2-5-9-17)18-10-6-3-7-11-18/h2-13,15,19,28H,14H2,1H3,(H,26,29)/b25-15+/t19-/m0/s1. The van der Waals surface area contributed by atoms with E-state index in [9.17, 15) is 20.0 Å². The summed E-state index contributed by atoms with van der Waals surface area (Å²) in [7, 11) is 1.29. The first-order chi connectivity index (χ1) is 15.5. The van der Waals surface area contributed by atoms with Crippen LogP contribution in [0.15, 0.2) is 77.9 Å². The summed E-state index contributed by atoms with van der Waals surface area (Å²) < 4.78 is 4.97. The molecule has 0 saturated heterocycles.